The second kappa shape index (κ2) is 5.66. The van der Waals surface area contributed by atoms with Crippen LogP contribution in [-0.2, 0) is 0 Å². The van der Waals surface area contributed by atoms with Crippen LogP contribution in [0.5, 0.6) is 0 Å². The van der Waals surface area contributed by atoms with Gasteiger partial charge in [0, 0.05) is 23.4 Å². The highest BCUT2D eigenvalue weighted by Crippen LogP contribution is 2.35. The van der Waals surface area contributed by atoms with Gasteiger partial charge in [0.15, 0.2) is 5.69 Å². The minimum Gasteiger partial charge on any atom is -0.618 e. The zero-order valence-electron chi connectivity index (χ0n) is 12.4. The lowest BCUT2D eigenvalue weighted by atomic mass is 10.1. The Labute approximate surface area is 129 Å². The number of aryl methyl sites for hydroxylation is 4. The fourth-order valence-electron chi connectivity index (χ4n) is 2.31. The smallest absolute Gasteiger partial charge is 0.260 e. The van der Waals surface area contributed by atoms with Crippen LogP contribution in [0.25, 0.3) is 0 Å². The normalized spacial score (nSPS) is 10.9. The number of pyridine rings is 1. The molecule has 0 unspecified atom stereocenters. The van der Waals surface area contributed by atoms with Crippen LogP contribution in [0, 0.1) is 39.8 Å². The highest BCUT2D eigenvalue weighted by molar-refractivity contribution is 7.99. The van der Waals surface area contributed by atoms with E-state index in [0.717, 1.165) is 15.2 Å². The van der Waals surface area contributed by atoms with E-state index in [1.807, 2.05) is 6.92 Å². The first kappa shape index (κ1) is 15.2. The third-order valence-corrected chi connectivity index (χ3v) is 5.23. The minimum absolute atomic E-state index is 0.616. The molecule has 20 heavy (non-hydrogen) atoms. The summed E-state index contributed by atoms with van der Waals surface area (Å²) in [5, 5.41) is 13.6. The van der Waals surface area contributed by atoms with Crippen LogP contribution >= 0.6 is 23.4 Å². The van der Waals surface area contributed by atoms with Crippen molar-refractivity contribution in [3.8, 4) is 0 Å². The topological polar surface area (TPSA) is 26.9 Å². The highest BCUT2D eigenvalue weighted by Gasteiger charge is 2.19. The Balaban J connectivity index is 2.56. The average Bonchev–Trinajstić information content (AvgIpc) is 2.34. The highest BCUT2D eigenvalue weighted by atomic mass is 35.5. The fraction of sp³-hybridized carbons (Fsp3) is 0.312. The zero-order valence-corrected chi connectivity index (χ0v) is 13.9. The lowest BCUT2D eigenvalue weighted by Gasteiger charge is -2.14. The molecule has 0 aliphatic rings. The SMILES string of the molecule is Cc1cc(C)c(Sc2c(C)c(Cl)cc(C)[n+]2[O-])c(C)c1. The van der Waals surface area contributed by atoms with Gasteiger partial charge in [0.25, 0.3) is 5.03 Å². The van der Waals surface area contributed by atoms with Crippen molar-refractivity contribution in [1.29, 1.82) is 0 Å². The van der Waals surface area contributed by atoms with E-state index in [-0.39, 0.29) is 0 Å². The molecule has 1 aromatic carbocycles. The quantitative estimate of drug-likeness (QED) is 0.595. The molecule has 0 amide bonds. The lowest BCUT2D eigenvalue weighted by Crippen LogP contribution is -2.33. The maximum absolute atomic E-state index is 12.3. The number of benzene rings is 1. The number of hydrogen-bond donors (Lipinski definition) is 0. The van der Waals surface area contributed by atoms with Crippen molar-refractivity contribution in [2.45, 2.75) is 44.5 Å². The number of aromatic nitrogens is 1. The van der Waals surface area contributed by atoms with Crippen LogP contribution in [0.1, 0.15) is 27.9 Å². The van der Waals surface area contributed by atoms with E-state index in [2.05, 4.69) is 32.9 Å². The first-order valence-electron chi connectivity index (χ1n) is 6.46. The Bertz CT molecular complexity index is 633. The van der Waals surface area contributed by atoms with Gasteiger partial charge in [-0.2, -0.15) is 4.73 Å². The fourth-order valence-corrected chi connectivity index (χ4v) is 3.73. The van der Waals surface area contributed by atoms with E-state index < -0.39 is 0 Å². The second-order valence-electron chi connectivity index (χ2n) is 5.19. The van der Waals surface area contributed by atoms with Gasteiger partial charge in [0.05, 0.1) is 5.02 Å². The monoisotopic (exact) mass is 307 g/mol. The molecule has 0 saturated carbocycles. The van der Waals surface area contributed by atoms with Gasteiger partial charge in [0.1, 0.15) is 0 Å². The average molecular weight is 308 g/mol. The summed E-state index contributed by atoms with van der Waals surface area (Å²) in [6, 6.07) is 5.98. The maximum atomic E-state index is 12.3. The van der Waals surface area contributed by atoms with Crippen LogP contribution < -0.4 is 4.73 Å². The molecule has 0 aliphatic heterocycles. The van der Waals surface area contributed by atoms with E-state index >= 15 is 0 Å². The van der Waals surface area contributed by atoms with Crippen molar-refractivity contribution in [2.24, 2.45) is 0 Å². The molecule has 0 N–H and O–H groups in total. The molecule has 2 rings (SSSR count). The Kier molecular flexibility index (Phi) is 4.31. The summed E-state index contributed by atoms with van der Waals surface area (Å²) >= 11 is 7.69. The molecule has 106 valence electrons. The summed E-state index contributed by atoms with van der Waals surface area (Å²) in [4.78, 5) is 1.13. The van der Waals surface area contributed by atoms with E-state index in [0.29, 0.717) is 15.7 Å². The molecular formula is C16H18ClNOS. The first-order valence-corrected chi connectivity index (χ1v) is 7.65. The van der Waals surface area contributed by atoms with Gasteiger partial charge in [-0.05, 0) is 50.6 Å². The third-order valence-electron chi connectivity index (χ3n) is 3.32. The van der Waals surface area contributed by atoms with E-state index in [1.54, 1.807) is 13.0 Å². The number of halogens is 1. The van der Waals surface area contributed by atoms with Gasteiger partial charge in [-0.3, -0.25) is 0 Å². The Hall–Kier alpha value is -1.19. The largest absolute Gasteiger partial charge is 0.618 e. The third kappa shape index (κ3) is 2.79. The van der Waals surface area contributed by atoms with Crippen molar-refractivity contribution in [3.05, 3.63) is 56.4 Å². The summed E-state index contributed by atoms with van der Waals surface area (Å²) in [7, 11) is 0. The molecule has 0 spiro atoms. The van der Waals surface area contributed by atoms with Crippen LogP contribution in [-0.4, -0.2) is 0 Å². The molecule has 1 heterocycles. The molecule has 2 nitrogen and oxygen atoms in total. The van der Waals surface area contributed by atoms with Crippen molar-refractivity contribution < 1.29 is 4.73 Å². The van der Waals surface area contributed by atoms with Crippen LogP contribution in [0.2, 0.25) is 5.02 Å². The van der Waals surface area contributed by atoms with Gasteiger partial charge < -0.3 is 5.21 Å². The van der Waals surface area contributed by atoms with Crippen molar-refractivity contribution in [1.82, 2.24) is 0 Å². The summed E-state index contributed by atoms with van der Waals surface area (Å²) in [5.41, 5.74) is 5.05. The zero-order chi connectivity index (χ0) is 15.0. The Morgan fingerprint density at radius 3 is 2.10 bits per heavy atom. The lowest BCUT2D eigenvalue weighted by molar-refractivity contribution is -0.652. The predicted octanol–water partition coefficient (Wildman–Crippen LogP) is 4.67. The van der Waals surface area contributed by atoms with Crippen LogP contribution in [0.3, 0.4) is 0 Å². The van der Waals surface area contributed by atoms with E-state index in [1.165, 1.54) is 28.5 Å². The van der Waals surface area contributed by atoms with Gasteiger partial charge in [0.2, 0.25) is 0 Å². The molecule has 0 aliphatic carbocycles. The van der Waals surface area contributed by atoms with Gasteiger partial charge in [-0.15, -0.1) is 0 Å². The maximum Gasteiger partial charge on any atom is 0.260 e. The van der Waals surface area contributed by atoms with Crippen molar-refractivity contribution in [3.63, 3.8) is 0 Å². The number of rotatable bonds is 2. The van der Waals surface area contributed by atoms with E-state index in [4.69, 9.17) is 11.6 Å². The summed E-state index contributed by atoms with van der Waals surface area (Å²) in [5.74, 6) is 0. The number of hydrogen-bond acceptors (Lipinski definition) is 2. The second-order valence-corrected chi connectivity index (χ2v) is 6.59. The number of nitrogens with zero attached hydrogens (tertiary/aromatic N) is 1. The van der Waals surface area contributed by atoms with E-state index in [9.17, 15) is 5.21 Å². The molecule has 0 fully saturated rings. The van der Waals surface area contributed by atoms with Crippen LogP contribution in [0.4, 0.5) is 0 Å². The molecule has 0 saturated heterocycles. The van der Waals surface area contributed by atoms with Gasteiger partial charge in [-0.1, -0.05) is 29.3 Å². The first-order chi connectivity index (χ1) is 9.31. The Morgan fingerprint density at radius 2 is 1.55 bits per heavy atom. The molecular weight excluding hydrogens is 290 g/mol. The molecule has 0 radical (unpaired) electrons. The molecule has 1 aromatic heterocycles. The standard InChI is InChI=1S/C16H18ClNOS/c1-9-6-10(2)15(11(3)7-9)20-16-13(5)14(17)8-12(4)18(16)19/h6-8H,1-5H3. The molecule has 2 aromatic rings. The van der Waals surface area contributed by atoms with Gasteiger partial charge in [-0.25, -0.2) is 0 Å². The molecule has 4 heteroatoms. The van der Waals surface area contributed by atoms with Gasteiger partial charge >= 0.3 is 0 Å². The summed E-state index contributed by atoms with van der Waals surface area (Å²) in [6.45, 7) is 9.89. The van der Waals surface area contributed by atoms with Crippen molar-refractivity contribution in [2.75, 3.05) is 0 Å². The minimum atomic E-state index is 0.616. The van der Waals surface area contributed by atoms with Crippen LogP contribution in [0.15, 0.2) is 28.1 Å². The van der Waals surface area contributed by atoms with Crippen molar-refractivity contribution >= 4 is 23.4 Å². The summed E-state index contributed by atoms with van der Waals surface area (Å²) < 4.78 is 0.963. The summed E-state index contributed by atoms with van der Waals surface area (Å²) in [6.07, 6.45) is 0. The molecule has 0 bridgehead atoms. The predicted molar refractivity (Wildman–Crippen MR) is 84.7 cm³/mol. The Morgan fingerprint density at radius 1 is 1.00 bits per heavy atom. The molecule has 0 atom stereocenters.